The van der Waals surface area contributed by atoms with Crippen LogP contribution in [-0.4, -0.2) is 37.4 Å². The fourth-order valence-electron chi connectivity index (χ4n) is 2.38. The van der Waals surface area contributed by atoms with Gasteiger partial charge in [0.2, 0.25) is 5.91 Å². The smallest absolute Gasteiger partial charge is 0.330 e. The number of carbonyl (C=O) groups excluding carboxylic acids is 3. The molecule has 21 heavy (non-hydrogen) atoms. The Morgan fingerprint density at radius 3 is 2.33 bits per heavy atom. The first-order valence-electron chi connectivity index (χ1n) is 6.65. The van der Waals surface area contributed by atoms with Gasteiger partial charge in [-0.05, 0) is 38.1 Å². The van der Waals surface area contributed by atoms with E-state index in [1.165, 1.54) is 18.9 Å². The van der Waals surface area contributed by atoms with Crippen molar-refractivity contribution in [2.45, 2.75) is 19.9 Å². The van der Waals surface area contributed by atoms with Gasteiger partial charge in [0, 0.05) is 5.69 Å². The van der Waals surface area contributed by atoms with Crippen LogP contribution in [-0.2, 0) is 19.1 Å². The van der Waals surface area contributed by atoms with Gasteiger partial charge in [0.15, 0.2) is 6.04 Å². The number of rotatable bonds is 5. The van der Waals surface area contributed by atoms with Gasteiger partial charge in [0.05, 0.1) is 13.7 Å². The van der Waals surface area contributed by atoms with Crippen LogP contribution in [0.5, 0.6) is 5.75 Å². The number of ether oxygens (including phenoxy) is 2. The van der Waals surface area contributed by atoms with E-state index in [1.807, 2.05) is 0 Å². The number of Topliss-reactive ketones (excluding diaryl/α,β-unsaturated/α-hetero) is 1. The topological polar surface area (TPSA) is 72.9 Å². The fourth-order valence-corrected chi connectivity index (χ4v) is 2.38. The van der Waals surface area contributed by atoms with Crippen LogP contribution < -0.4 is 9.64 Å². The average molecular weight is 291 g/mol. The van der Waals surface area contributed by atoms with Crippen molar-refractivity contribution in [3.05, 3.63) is 24.3 Å². The zero-order chi connectivity index (χ0) is 15.6. The van der Waals surface area contributed by atoms with Crippen molar-refractivity contribution in [2.24, 2.45) is 5.92 Å². The summed E-state index contributed by atoms with van der Waals surface area (Å²) in [5.74, 6) is -1.59. The molecule has 1 fully saturated rings. The first-order valence-corrected chi connectivity index (χ1v) is 6.65. The van der Waals surface area contributed by atoms with Gasteiger partial charge in [0.1, 0.15) is 17.5 Å². The Balaban J connectivity index is 2.29. The average Bonchev–Trinajstić information content (AvgIpc) is 2.45. The third kappa shape index (κ3) is 2.61. The van der Waals surface area contributed by atoms with Gasteiger partial charge in [0.25, 0.3) is 0 Å². The number of carbonyl (C=O) groups is 3. The number of anilines is 1. The monoisotopic (exact) mass is 291 g/mol. The van der Waals surface area contributed by atoms with Gasteiger partial charge in [-0.2, -0.15) is 0 Å². The summed E-state index contributed by atoms with van der Waals surface area (Å²) < 4.78 is 10.0. The van der Waals surface area contributed by atoms with Crippen LogP contribution in [0.25, 0.3) is 0 Å². The van der Waals surface area contributed by atoms with Crippen LogP contribution in [0.3, 0.4) is 0 Å². The van der Waals surface area contributed by atoms with E-state index in [-0.39, 0.29) is 18.3 Å². The highest BCUT2D eigenvalue weighted by Gasteiger charge is 2.55. The van der Waals surface area contributed by atoms with Gasteiger partial charge in [-0.1, -0.05) is 0 Å². The van der Waals surface area contributed by atoms with Crippen molar-refractivity contribution in [3.8, 4) is 5.75 Å². The molecular formula is C15H17NO5. The number of nitrogens with zero attached hydrogens (tertiary/aromatic N) is 1. The highest BCUT2D eigenvalue weighted by Crippen LogP contribution is 2.34. The zero-order valence-corrected chi connectivity index (χ0v) is 12.2. The van der Waals surface area contributed by atoms with Crippen molar-refractivity contribution in [2.75, 3.05) is 18.6 Å². The van der Waals surface area contributed by atoms with Gasteiger partial charge in [-0.25, -0.2) is 4.79 Å². The van der Waals surface area contributed by atoms with E-state index >= 15 is 0 Å². The molecule has 0 aliphatic carbocycles. The zero-order valence-electron chi connectivity index (χ0n) is 12.2. The van der Waals surface area contributed by atoms with Crippen LogP contribution in [0, 0.1) is 5.92 Å². The van der Waals surface area contributed by atoms with Crippen LogP contribution in [0.2, 0.25) is 0 Å². The summed E-state index contributed by atoms with van der Waals surface area (Å²) in [7, 11) is 1.54. The van der Waals surface area contributed by atoms with Gasteiger partial charge in [-0.3, -0.25) is 14.5 Å². The summed E-state index contributed by atoms with van der Waals surface area (Å²) in [5.41, 5.74) is 0.538. The lowest BCUT2D eigenvalue weighted by Crippen LogP contribution is -2.67. The molecule has 1 aromatic rings. The number of β-lactam (4-membered cyclic amide) rings is 1. The number of hydrogen-bond acceptors (Lipinski definition) is 5. The number of ketones is 1. The Morgan fingerprint density at radius 2 is 1.86 bits per heavy atom. The third-order valence-corrected chi connectivity index (χ3v) is 3.41. The van der Waals surface area contributed by atoms with E-state index in [9.17, 15) is 14.4 Å². The lowest BCUT2D eigenvalue weighted by molar-refractivity contribution is -0.156. The lowest BCUT2D eigenvalue weighted by Gasteiger charge is -2.44. The highest BCUT2D eigenvalue weighted by atomic mass is 16.5. The third-order valence-electron chi connectivity index (χ3n) is 3.41. The quantitative estimate of drug-likeness (QED) is 0.463. The van der Waals surface area contributed by atoms with Crippen molar-refractivity contribution in [1.29, 1.82) is 0 Å². The Morgan fingerprint density at radius 1 is 1.24 bits per heavy atom. The molecule has 1 amide bonds. The SMILES string of the molecule is CCOC(=O)[C@H]1[C@H](C(C)=O)C(=O)N1c1ccc(OC)cc1. The normalized spacial score (nSPS) is 20.7. The summed E-state index contributed by atoms with van der Waals surface area (Å²) in [4.78, 5) is 37.0. The first-order chi connectivity index (χ1) is 10.0. The van der Waals surface area contributed by atoms with E-state index in [1.54, 1.807) is 31.2 Å². The minimum Gasteiger partial charge on any atom is -0.497 e. The van der Waals surface area contributed by atoms with Crippen LogP contribution in [0.15, 0.2) is 24.3 Å². The Labute approximate surface area is 122 Å². The summed E-state index contributed by atoms with van der Waals surface area (Å²) >= 11 is 0. The molecule has 0 saturated carbocycles. The van der Waals surface area contributed by atoms with E-state index in [2.05, 4.69) is 0 Å². The van der Waals surface area contributed by atoms with E-state index < -0.39 is 17.9 Å². The van der Waals surface area contributed by atoms with Gasteiger partial charge in [-0.15, -0.1) is 0 Å². The van der Waals surface area contributed by atoms with E-state index in [4.69, 9.17) is 9.47 Å². The maximum Gasteiger partial charge on any atom is 0.330 e. The molecule has 2 atom stereocenters. The first kappa shape index (κ1) is 15.0. The second-order valence-corrected chi connectivity index (χ2v) is 4.69. The van der Waals surface area contributed by atoms with Gasteiger partial charge < -0.3 is 9.47 Å². The number of esters is 1. The molecule has 1 aromatic carbocycles. The lowest BCUT2D eigenvalue weighted by atomic mass is 9.83. The molecule has 112 valence electrons. The van der Waals surface area contributed by atoms with E-state index in [0.717, 1.165) is 0 Å². The molecule has 0 spiro atoms. The Kier molecular flexibility index (Phi) is 4.26. The fraction of sp³-hybridized carbons (Fsp3) is 0.400. The second kappa shape index (κ2) is 5.95. The molecule has 0 bridgehead atoms. The van der Waals surface area contributed by atoms with Crippen LogP contribution in [0.4, 0.5) is 5.69 Å². The Hall–Kier alpha value is -2.37. The summed E-state index contributed by atoms with van der Waals surface area (Å²) in [5, 5.41) is 0. The molecule has 1 aliphatic heterocycles. The summed E-state index contributed by atoms with van der Waals surface area (Å²) in [6.45, 7) is 3.18. The molecule has 0 aromatic heterocycles. The van der Waals surface area contributed by atoms with Crippen molar-refractivity contribution in [1.82, 2.24) is 0 Å². The molecular weight excluding hydrogens is 274 g/mol. The second-order valence-electron chi connectivity index (χ2n) is 4.69. The van der Waals surface area contributed by atoms with Crippen LogP contribution >= 0.6 is 0 Å². The molecule has 0 N–H and O–H groups in total. The number of hydrogen-bond donors (Lipinski definition) is 0. The molecule has 1 saturated heterocycles. The maximum atomic E-state index is 12.1. The molecule has 6 heteroatoms. The standard InChI is InChI=1S/C15H17NO5/c1-4-21-15(19)13-12(9(2)17)14(18)16(13)10-5-7-11(20-3)8-6-10/h5-8,12-13H,4H2,1-3H3/t12-,13+/m0/s1. The highest BCUT2D eigenvalue weighted by molar-refractivity contribution is 6.20. The number of benzene rings is 1. The number of amides is 1. The predicted molar refractivity (Wildman–Crippen MR) is 75.1 cm³/mol. The van der Waals surface area contributed by atoms with Crippen molar-refractivity contribution < 1.29 is 23.9 Å². The molecule has 1 aliphatic rings. The van der Waals surface area contributed by atoms with Gasteiger partial charge >= 0.3 is 5.97 Å². The molecule has 6 nitrogen and oxygen atoms in total. The summed E-state index contributed by atoms with van der Waals surface area (Å²) in [6.07, 6.45) is 0. The molecule has 0 unspecified atom stereocenters. The van der Waals surface area contributed by atoms with E-state index in [0.29, 0.717) is 11.4 Å². The summed E-state index contributed by atoms with van der Waals surface area (Å²) in [6, 6.07) is 5.82. The minimum atomic E-state index is -0.953. The maximum absolute atomic E-state index is 12.1. The number of methoxy groups -OCH3 is 1. The molecule has 1 heterocycles. The largest absolute Gasteiger partial charge is 0.497 e. The molecule has 0 radical (unpaired) electrons. The molecule has 2 rings (SSSR count). The van der Waals surface area contributed by atoms with Crippen LogP contribution in [0.1, 0.15) is 13.8 Å². The predicted octanol–water partition coefficient (Wildman–Crippen LogP) is 1.18. The van der Waals surface area contributed by atoms with Crippen molar-refractivity contribution >= 4 is 23.3 Å². The Bertz CT molecular complexity index is 566. The van der Waals surface area contributed by atoms with Crippen molar-refractivity contribution in [3.63, 3.8) is 0 Å². The minimum absolute atomic E-state index is 0.199.